The summed E-state index contributed by atoms with van der Waals surface area (Å²) in [6, 6.07) is 4.22. The lowest BCUT2D eigenvalue weighted by Gasteiger charge is -2.33. The minimum absolute atomic E-state index is 0.0535. The summed E-state index contributed by atoms with van der Waals surface area (Å²) in [6.07, 6.45) is 5.29. The predicted molar refractivity (Wildman–Crippen MR) is 294 cm³/mol. The minimum atomic E-state index is -1.35. The van der Waals surface area contributed by atoms with Crippen LogP contribution in [0, 0.1) is 17.8 Å². The molecule has 0 saturated heterocycles. The van der Waals surface area contributed by atoms with E-state index in [1.807, 2.05) is 20.8 Å². The van der Waals surface area contributed by atoms with E-state index in [9.17, 15) is 43.2 Å². The Hall–Kier alpha value is -6.12. The maximum Gasteiger partial charge on any atom is 0.409 e. The van der Waals surface area contributed by atoms with Gasteiger partial charge in [-0.25, -0.2) is 29.2 Å². The summed E-state index contributed by atoms with van der Waals surface area (Å²) in [6.45, 7) is 16.7. The summed E-state index contributed by atoms with van der Waals surface area (Å²) < 4.78 is 23.5. The number of hydrogen-bond acceptors (Lipinski definition) is 13. The number of ether oxygens (including phenoxy) is 4. The molecule has 0 bridgehead atoms. The number of esters is 2. The monoisotopic (exact) mass is 1090 g/mol. The highest BCUT2D eigenvalue weighted by Gasteiger charge is 2.38. The van der Waals surface area contributed by atoms with E-state index in [4.69, 9.17) is 18.9 Å². The van der Waals surface area contributed by atoms with Gasteiger partial charge in [-0.2, -0.15) is 0 Å². The second-order valence-electron chi connectivity index (χ2n) is 21.3. The first-order chi connectivity index (χ1) is 35.4. The number of carbonyl (C=O) groups is 9. The topological polar surface area (TPSA) is 240 Å². The van der Waals surface area contributed by atoms with Gasteiger partial charge in [-0.05, 0) is 82.8 Å². The lowest BCUT2D eigenvalue weighted by atomic mass is 9.90. The number of allylic oxidation sites excluding steroid dienone is 1. The standard InChI is InChI=1S/C55H89N7O13S/c1-18-35(5)46-49(65)57-40(10)53(69)75-47(36(6)19-2)38(8)43(74-55(71)60(12)28-27-59(11)54(70)72-29-30-76(15,16)17)26-25-37(7)52(68)73-44(31-34(3)4)48(64)56-39(9)50(66)62(14)42(32-41-23-21-20-22-24-41)51(67)61(13)33-45(63)58-46/h19-25,34-35,38-40,42-44,46-47H,18,26-33H2,1-17H3,(H,56,64)(H,57,65)(H,58,63)/b36-19+,37-25+/t35-,38+,39+,40-,42-,43+,44-,46+,47-/m1/s1. The highest BCUT2D eigenvalue weighted by molar-refractivity contribution is 8.32. The Bertz CT molecular complexity index is 2220. The van der Waals surface area contributed by atoms with Crippen LogP contribution in [-0.2, 0) is 58.9 Å². The van der Waals surface area contributed by atoms with E-state index in [-0.39, 0.29) is 50.4 Å². The van der Waals surface area contributed by atoms with E-state index >= 15 is 0 Å². The van der Waals surface area contributed by atoms with Crippen LogP contribution in [0.3, 0.4) is 0 Å². The van der Waals surface area contributed by atoms with Crippen molar-refractivity contribution in [3.05, 3.63) is 59.2 Å². The van der Waals surface area contributed by atoms with E-state index in [2.05, 4.69) is 34.7 Å². The lowest BCUT2D eigenvalue weighted by molar-refractivity contribution is -0.155. The van der Waals surface area contributed by atoms with Crippen LogP contribution in [-0.4, -0.2) is 195 Å². The maximum atomic E-state index is 14.3. The molecule has 1 aromatic carbocycles. The Kier molecular flexibility index (Phi) is 27.1. The number of cyclic esters (lactones) is 2. The number of nitrogens with one attached hydrogen (secondary N) is 3. The van der Waals surface area contributed by atoms with Gasteiger partial charge in [0.1, 0.15) is 43.0 Å². The van der Waals surface area contributed by atoms with Crippen molar-refractivity contribution in [2.75, 3.05) is 79.0 Å². The predicted octanol–water partition coefficient (Wildman–Crippen LogP) is 5.08. The van der Waals surface area contributed by atoms with Crippen molar-refractivity contribution >= 4 is 63.7 Å². The fourth-order valence-corrected chi connectivity index (χ4v) is 8.47. The number of nitrogens with zero attached hydrogens (tertiary/aromatic N) is 4. The maximum absolute atomic E-state index is 14.3. The van der Waals surface area contributed by atoms with Crippen LogP contribution in [0.4, 0.5) is 9.59 Å². The third-order valence-electron chi connectivity index (χ3n) is 13.4. The smallest absolute Gasteiger partial charge is 0.409 e. The number of rotatable bonds is 14. The van der Waals surface area contributed by atoms with Crippen molar-refractivity contribution in [3.8, 4) is 0 Å². The summed E-state index contributed by atoms with van der Waals surface area (Å²) in [7, 11) is 5.00. The highest BCUT2D eigenvalue weighted by Crippen LogP contribution is 2.33. The summed E-state index contributed by atoms with van der Waals surface area (Å²) in [5.41, 5.74) is 1.35. The van der Waals surface area contributed by atoms with Gasteiger partial charge in [0.15, 0.2) is 6.10 Å². The van der Waals surface area contributed by atoms with Crippen molar-refractivity contribution < 1.29 is 62.1 Å². The molecular formula is C55H89N7O13S. The third kappa shape index (κ3) is 21.5. The molecule has 0 aliphatic carbocycles. The molecule has 1 aromatic rings. The zero-order chi connectivity index (χ0) is 57.8. The van der Waals surface area contributed by atoms with Crippen molar-refractivity contribution in [1.82, 2.24) is 35.6 Å². The average molecular weight is 1090 g/mol. The molecule has 0 spiro atoms. The van der Waals surface area contributed by atoms with Crippen LogP contribution in [0.1, 0.15) is 94.1 Å². The number of amides is 7. The Morgan fingerprint density at radius 1 is 0.855 bits per heavy atom. The van der Waals surface area contributed by atoms with Gasteiger partial charge in [0.2, 0.25) is 23.6 Å². The first-order valence-corrected chi connectivity index (χ1v) is 29.1. The first kappa shape index (κ1) is 66.0. The van der Waals surface area contributed by atoms with Crippen molar-refractivity contribution in [2.45, 2.75) is 137 Å². The second-order valence-corrected chi connectivity index (χ2v) is 25.9. The largest absolute Gasteiger partial charge is 0.456 e. The fourth-order valence-electron chi connectivity index (χ4n) is 7.88. The summed E-state index contributed by atoms with van der Waals surface area (Å²) in [5, 5.41) is 8.10. The van der Waals surface area contributed by atoms with E-state index in [1.165, 1.54) is 62.7 Å². The van der Waals surface area contributed by atoms with Crippen LogP contribution in [0.2, 0.25) is 0 Å². The summed E-state index contributed by atoms with van der Waals surface area (Å²) >= 11 is 0. The van der Waals surface area contributed by atoms with Gasteiger partial charge in [-0.1, -0.05) is 83.5 Å². The van der Waals surface area contributed by atoms with Gasteiger partial charge in [-0.15, -0.1) is 0 Å². The number of carbonyl (C=O) groups excluding carboxylic acids is 9. The molecule has 0 fully saturated rings. The van der Waals surface area contributed by atoms with Gasteiger partial charge < -0.3 is 54.5 Å². The molecule has 1 aliphatic rings. The highest BCUT2D eigenvalue weighted by atomic mass is 32.3. The van der Waals surface area contributed by atoms with Crippen LogP contribution in [0.5, 0.6) is 0 Å². The molecule has 21 heteroatoms. The number of hydrogen-bond donors (Lipinski definition) is 3. The van der Waals surface area contributed by atoms with Crippen LogP contribution >= 0.6 is 10.0 Å². The first-order valence-electron chi connectivity index (χ1n) is 26.0. The molecule has 428 valence electrons. The molecule has 3 N–H and O–H groups in total. The van der Waals surface area contributed by atoms with E-state index in [1.54, 1.807) is 71.2 Å². The van der Waals surface area contributed by atoms with Gasteiger partial charge in [0.05, 0.1) is 6.54 Å². The molecule has 20 nitrogen and oxygen atoms in total. The number of likely N-dealkylation sites (N-methyl/N-ethyl adjacent to an activating group) is 4. The molecule has 0 aromatic heterocycles. The molecule has 76 heavy (non-hydrogen) atoms. The molecule has 2 rings (SSSR count). The molecular weight excluding hydrogens is 999 g/mol. The Labute approximate surface area is 453 Å². The van der Waals surface area contributed by atoms with Crippen LogP contribution in [0.25, 0.3) is 0 Å². The van der Waals surface area contributed by atoms with Crippen molar-refractivity contribution in [1.29, 1.82) is 0 Å². The Morgan fingerprint density at radius 3 is 2.01 bits per heavy atom. The quantitative estimate of drug-likeness (QED) is 0.125. The molecule has 1 aliphatic heterocycles. The zero-order valence-corrected chi connectivity index (χ0v) is 49.0. The van der Waals surface area contributed by atoms with E-state index in [0.29, 0.717) is 17.6 Å². The van der Waals surface area contributed by atoms with E-state index < -0.39 is 125 Å². The Balaban J connectivity index is 2.69. The zero-order valence-electron chi connectivity index (χ0n) is 48.2. The summed E-state index contributed by atoms with van der Waals surface area (Å²) in [4.78, 5) is 130. The van der Waals surface area contributed by atoms with Crippen molar-refractivity contribution in [2.24, 2.45) is 17.8 Å². The van der Waals surface area contributed by atoms with Crippen LogP contribution in [0.15, 0.2) is 53.6 Å². The molecule has 9 atom stereocenters. The average Bonchev–Trinajstić information content (AvgIpc) is 3.36. The molecule has 0 unspecified atom stereocenters. The normalized spacial score (nSPS) is 25.2. The molecule has 0 saturated carbocycles. The van der Waals surface area contributed by atoms with Gasteiger partial charge in [-0.3, -0.25) is 24.0 Å². The Morgan fingerprint density at radius 2 is 1.45 bits per heavy atom. The molecule has 1 heterocycles. The van der Waals surface area contributed by atoms with Gasteiger partial charge in [0.25, 0.3) is 5.91 Å². The van der Waals surface area contributed by atoms with E-state index in [0.717, 1.165) is 10.7 Å². The van der Waals surface area contributed by atoms with Gasteiger partial charge in [0, 0.05) is 71.4 Å². The molecule has 7 amide bonds. The SMILES string of the molecule is C/C=C(\C)[C@H]1OC(=O)[C@@H](C)NC(=O)[C@H]([C@H](C)CC)NC(=O)CN(C)C(=O)[C@@H](Cc2ccccc2)N(C)C(=O)[C@H](C)NC(=O)[C@@H](CC(C)C)OC(=O)/C(C)=C/C[C@H](OC(=O)N(C)CCN(C)C(=O)OCCS(C)(C)C)[C@@H]1C. The lowest BCUT2D eigenvalue weighted by Crippen LogP contribution is -2.57. The minimum Gasteiger partial charge on any atom is -0.456 e. The second kappa shape index (κ2) is 31.2. The third-order valence-corrected chi connectivity index (χ3v) is 14.8. The van der Waals surface area contributed by atoms with Crippen molar-refractivity contribution in [3.63, 3.8) is 0 Å². The fraction of sp³-hybridized carbons (Fsp3) is 0.655. The summed E-state index contributed by atoms with van der Waals surface area (Å²) in [5.74, 6) is -5.66. The molecule has 0 radical (unpaired) electrons. The van der Waals surface area contributed by atoms with Gasteiger partial charge >= 0.3 is 24.1 Å². The van der Waals surface area contributed by atoms with Crippen LogP contribution < -0.4 is 16.0 Å². The number of benzene rings is 1.